The van der Waals surface area contributed by atoms with Crippen LogP contribution in [0.3, 0.4) is 0 Å². The maximum atomic E-state index is 13.1. The number of halogens is 1. The van der Waals surface area contributed by atoms with E-state index >= 15 is 0 Å². The van der Waals surface area contributed by atoms with E-state index in [-0.39, 0.29) is 23.4 Å². The second-order valence-electron chi connectivity index (χ2n) is 6.30. The Balaban J connectivity index is 2.00. The van der Waals surface area contributed by atoms with Gasteiger partial charge in [0.1, 0.15) is 11.5 Å². The first kappa shape index (κ1) is 17.6. The molecule has 8 heteroatoms. The van der Waals surface area contributed by atoms with Gasteiger partial charge in [-0.3, -0.25) is 4.79 Å². The fraction of sp³-hybridized carbons (Fsp3) is 0.412. The van der Waals surface area contributed by atoms with E-state index in [1.165, 1.54) is 37.4 Å². The zero-order valence-electron chi connectivity index (χ0n) is 14.1. The summed E-state index contributed by atoms with van der Waals surface area (Å²) >= 11 is 0. The van der Waals surface area contributed by atoms with Gasteiger partial charge in [-0.2, -0.15) is 8.42 Å². The van der Waals surface area contributed by atoms with Gasteiger partial charge in [0.2, 0.25) is 0 Å². The zero-order valence-corrected chi connectivity index (χ0v) is 15.0. The molecule has 25 heavy (non-hydrogen) atoms. The Morgan fingerprint density at radius 2 is 1.92 bits per heavy atom. The average molecular weight is 365 g/mol. The molecule has 0 N–H and O–H groups in total. The Labute approximate surface area is 146 Å². The van der Waals surface area contributed by atoms with Crippen molar-refractivity contribution in [3.05, 3.63) is 47.4 Å². The molecule has 3 rings (SSSR count). The van der Waals surface area contributed by atoms with Crippen molar-refractivity contribution in [3.63, 3.8) is 0 Å². The largest absolute Gasteiger partial charge is 0.345 e. The second-order valence-corrected chi connectivity index (χ2v) is 7.93. The molecule has 1 atom stereocenters. The third-order valence-corrected chi connectivity index (χ3v) is 5.91. The molecule has 2 aliphatic rings. The molecule has 0 aromatic heterocycles. The van der Waals surface area contributed by atoms with E-state index in [0.717, 1.165) is 23.6 Å². The summed E-state index contributed by atoms with van der Waals surface area (Å²) in [5.41, 5.74) is 0.629. The number of carbonyl (C=O) groups excluding carboxylic acids is 1. The van der Waals surface area contributed by atoms with Gasteiger partial charge in [0, 0.05) is 25.2 Å². The quantitative estimate of drug-likeness (QED) is 0.806. The van der Waals surface area contributed by atoms with E-state index in [1.807, 2.05) is 6.92 Å². The van der Waals surface area contributed by atoms with Crippen molar-refractivity contribution in [3.8, 4) is 0 Å². The van der Waals surface area contributed by atoms with Gasteiger partial charge in [0.15, 0.2) is 0 Å². The van der Waals surface area contributed by atoms with Crippen molar-refractivity contribution in [1.29, 1.82) is 0 Å². The molecular formula is C17H20FN3O3S. The number of rotatable bonds is 2. The molecule has 0 radical (unpaired) electrons. The lowest BCUT2D eigenvalue weighted by Crippen LogP contribution is -2.46. The second kappa shape index (κ2) is 6.59. The van der Waals surface area contributed by atoms with Crippen LogP contribution in [0.2, 0.25) is 0 Å². The Morgan fingerprint density at radius 3 is 2.56 bits per heavy atom. The molecule has 1 aromatic carbocycles. The minimum Gasteiger partial charge on any atom is -0.335 e. The average Bonchev–Trinajstić information content (AvgIpc) is 2.57. The lowest BCUT2D eigenvalue weighted by Gasteiger charge is -2.36. The van der Waals surface area contributed by atoms with Crippen molar-refractivity contribution in [1.82, 2.24) is 9.21 Å². The number of likely N-dealkylation sites (N-methyl/N-ethyl adjacent to an activating group) is 1. The smallest absolute Gasteiger partial charge is 0.335 e. The molecule has 6 nitrogen and oxygen atoms in total. The first-order valence-electron chi connectivity index (χ1n) is 8.17. The van der Waals surface area contributed by atoms with Crippen LogP contribution in [0.1, 0.15) is 31.7 Å². The van der Waals surface area contributed by atoms with Crippen LogP contribution in [0.15, 0.2) is 40.4 Å². The number of allylic oxidation sites excluding steroid dienone is 1. The summed E-state index contributed by atoms with van der Waals surface area (Å²) in [6.45, 7) is 2.57. The number of carbonyl (C=O) groups is 1. The summed E-state index contributed by atoms with van der Waals surface area (Å²) < 4.78 is 42.5. The number of hydrogen-bond acceptors (Lipinski definition) is 3. The number of likely N-dealkylation sites (tertiary alicyclic amines) is 1. The highest BCUT2D eigenvalue weighted by Gasteiger charge is 2.34. The topological polar surface area (TPSA) is 70.0 Å². The number of amides is 1. The van der Waals surface area contributed by atoms with E-state index in [9.17, 15) is 17.6 Å². The SMILES string of the molecule is C[C@H]1CCCCN1C(=O)C1=CC(c2ccc(F)cc2)=NS(=O)(=O)N1C. The van der Waals surface area contributed by atoms with Gasteiger partial charge in [0.25, 0.3) is 5.91 Å². The molecule has 1 amide bonds. The summed E-state index contributed by atoms with van der Waals surface area (Å²) in [5.74, 6) is -0.754. The van der Waals surface area contributed by atoms with E-state index in [2.05, 4.69) is 4.40 Å². The van der Waals surface area contributed by atoms with Crippen molar-refractivity contribution >= 4 is 21.8 Å². The Kier molecular flexibility index (Phi) is 4.64. The van der Waals surface area contributed by atoms with Crippen molar-refractivity contribution < 1.29 is 17.6 Å². The van der Waals surface area contributed by atoms with Gasteiger partial charge < -0.3 is 4.90 Å². The third-order valence-electron chi connectivity index (χ3n) is 4.60. The minimum absolute atomic E-state index is 0.0584. The number of benzene rings is 1. The first-order chi connectivity index (χ1) is 11.8. The summed E-state index contributed by atoms with van der Waals surface area (Å²) in [4.78, 5) is 14.6. The van der Waals surface area contributed by atoms with Crippen LogP contribution in [-0.4, -0.2) is 48.9 Å². The Morgan fingerprint density at radius 1 is 1.24 bits per heavy atom. The molecule has 0 bridgehead atoms. The predicted molar refractivity (Wildman–Crippen MR) is 92.7 cm³/mol. The molecule has 0 unspecified atom stereocenters. The van der Waals surface area contributed by atoms with Gasteiger partial charge >= 0.3 is 10.2 Å². The summed E-state index contributed by atoms with van der Waals surface area (Å²) in [7, 11) is -2.69. The van der Waals surface area contributed by atoms with Crippen molar-refractivity contribution in [2.45, 2.75) is 32.2 Å². The van der Waals surface area contributed by atoms with Gasteiger partial charge in [-0.1, -0.05) is 0 Å². The van der Waals surface area contributed by atoms with Crippen LogP contribution < -0.4 is 0 Å². The monoisotopic (exact) mass is 365 g/mol. The summed E-state index contributed by atoms with van der Waals surface area (Å²) in [6.07, 6.45) is 4.31. The van der Waals surface area contributed by atoms with E-state index in [1.54, 1.807) is 4.90 Å². The number of hydrogen-bond donors (Lipinski definition) is 0. The molecule has 1 fully saturated rings. The van der Waals surface area contributed by atoms with Crippen LogP contribution in [0.5, 0.6) is 0 Å². The zero-order chi connectivity index (χ0) is 18.2. The highest BCUT2D eigenvalue weighted by molar-refractivity contribution is 7.88. The lowest BCUT2D eigenvalue weighted by molar-refractivity contribution is -0.131. The van der Waals surface area contributed by atoms with E-state index in [0.29, 0.717) is 12.1 Å². The van der Waals surface area contributed by atoms with Gasteiger partial charge in [-0.05, 0) is 56.5 Å². The third kappa shape index (κ3) is 3.44. The van der Waals surface area contributed by atoms with Gasteiger partial charge in [0.05, 0.1) is 5.71 Å². The lowest BCUT2D eigenvalue weighted by atomic mass is 10.0. The summed E-state index contributed by atoms with van der Waals surface area (Å²) in [5, 5.41) is 0. The van der Waals surface area contributed by atoms with E-state index < -0.39 is 16.0 Å². The van der Waals surface area contributed by atoms with Crippen LogP contribution in [0.25, 0.3) is 0 Å². The Hall–Kier alpha value is -2.22. The van der Waals surface area contributed by atoms with Crippen LogP contribution in [0, 0.1) is 5.82 Å². The van der Waals surface area contributed by atoms with Crippen LogP contribution in [0.4, 0.5) is 4.39 Å². The highest BCUT2D eigenvalue weighted by Crippen LogP contribution is 2.25. The molecule has 134 valence electrons. The standard InChI is InChI=1S/C17H20FN3O3S/c1-12-5-3-4-10-21(12)17(22)16-11-15(19-25(23,24)20(16)2)13-6-8-14(18)9-7-13/h6-9,11-12H,3-5,10H2,1-2H3/t12-/m0/s1. The van der Waals surface area contributed by atoms with Gasteiger partial charge in [-0.25, -0.2) is 8.70 Å². The normalized spacial score (nSPS) is 23.1. The Bertz CT molecular complexity index is 846. The van der Waals surface area contributed by atoms with Crippen molar-refractivity contribution in [2.24, 2.45) is 4.40 Å². The molecule has 0 spiro atoms. The van der Waals surface area contributed by atoms with Crippen molar-refractivity contribution in [2.75, 3.05) is 13.6 Å². The minimum atomic E-state index is -4.01. The molecular weight excluding hydrogens is 345 g/mol. The van der Waals surface area contributed by atoms with Gasteiger partial charge in [-0.15, -0.1) is 4.40 Å². The maximum Gasteiger partial charge on any atom is 0.345 e. The first-order valence-corrected chi connectivity index (χ1v) is 9.57. The van der Waals surface area contributed by atoms with Crippen LogP contribution in [-0.2, 0) is 15.0 Å². The predicted octanol–water partition coefficient (Wildman–Crippen LogP) is 2.09. The molecule has 1 saturated heterocycles. The molecule has 2 aliphatic heterocycles. The maximum absolute atomic E-state index is 13.1. The molecule has 1 aromatic rings. The number of nitrogens with zero attached hydrogens (tertiary/aromatic N) is 3. The fourth-order valence-corrected chi connectivity index (χ4v) is 3.97. The summed E-state index contributed by atoms with van der Waals surface area (Å²) in [6, 6.07) is 5.40. The number of piperidine rings is 1. The van der Waals surface area contributed by atoms with E-state index in [4.69, 9.17) is 0 Å². The fourth-order valence-electron chi connectivity index (χ4n) is 3.06. The van der Waals surface area contributed by atoms with Crippen LogP contribution >= 0.6 is 0 Å². The molecule has 2 heterocycles. The molecule has 0 aliphatic carbocycles. The highest BCUT2D eigenvalue weighted by atomic mass is 32.2. The molecule has 0 saturated carbocycles.